The first kappa shape index (κ1) is 26.8. The number of anilines is 1. The van der Waals surface area contributed by atoms with Crippen LogP contribution in [0.15, 0.2) is 85.1 Å². The van der Waals surface area contributed by atoms with Gasteiger partial charge in [0.05, 0.1) is 12.0 Å². The van der Waals surface area contributed by atoms with E-state index in [0.717, 1.165) is 21.6 Å². The molecule has 0 bridgehead atoms. The second-order valence-electron chi connectivity index (χ2n) is 9.13. The van der Waals surface area contributed by atoms with Crippen LogP contribution in [0.5, 0.6) is 0 Å². The van der Waals surface area contributed by atoms with Crippen molar-refractivity contribution in [2.45, 2.75) is 19.9 Å². The molecule has 0 spiro atoms. The Hall–Kier alpha value is -4.30. The number of hydrogen-bond donors (Lipinski definition) is 1. The fourth-order valence-electron chi connectivity index (χ4n) is 4.15. The lowest BCUT2D eigenvalue weighted by molar-refractivity contribution is -0.147. The van der Waals surface area contributed by atoms with Gasteiger partial charge in [-0.2, -0.15) is 0 Å². The maximum Gasteiger partial charge on any atom is 0.328 e. The van der Waals surface area contributed by atoms with Gasteiger partial charge in [-0.1, -0.05) is 68.4 Å². The molecule has 1 aromatic heterocycles. The molecule has 2 amide bonds. The van der Waals surface area contributed by atoms with Crippen LogP contribution in [-0.2, 0) is 9.53 Å². The van der Waals surface area contributed by atoms with Crippen molar-refractivity contribution in [2.75, 3.05) is 19.5 Å². The molecule has 194 valence electrons. The monoisotopic (exact) mass is 527 g/mol. The second kappa shape index (κ2) is 11.8. The highest BCUT2D eigenvalue weighted by Crippen LogP contribution is 2.29. The molecule has 38 heavy (non-hydrogen) atoms. The number of esters is 1. The molecule has 8 heteroatoms. The van der Waals surface area contributed by atoms with E-state index in [2.05, 4.69) is 10.3 Å². The van der Waals surface area contributed by atoms with Crippen molar-refractivity contribution in [3.05, 3.63) is 95.6 Å². The van der Waals surface area contributed by atoms with Crippen molar-refractivity contribution in [3.63, 3.8) is 0 Å². The summed E-state index contributed by atoms with van der Waals surface area (Å²) in [5.74, 6) is -1.11. The van der Waals surface area contributed by atoms with Crippen LogP contribution in [0, 0.1) is 5.92 Å². The van der Waals surface area contributed by atoms with Gasteiger partial charge in [-0.05, 0) is 46.9 Å². The molecule has 3 aromatic carbocycles. The van der Waals surface area contributed by atoms with Crippen molar-refractivity contribution < 1.29 is 19.1 Å². The van der Waals surface area contributed by atoms with Crippen LogP contribution in [0.25, 0.3) is 21.6 Å². The van der Waals surface area contributed by atoms with Gasteiger partial charge < -0.3 is 15.0 Å². The Labute approximate surface area is 226 Å². The molecule has 0 saturated heterocycles. The number of amides is 2. The van der Waals surface area contributed by atoms with E-state index in [1.165, 1.54) is 23.3 Å². The third-order valence-corrected chi connectivity index (χ3v) is 7.22. The Morgan fingerprint density at radius 2 is 1.47 bits per heavy atom. The van der Waals surface area contributed by atoms with Gasteiger partial charge in [0, 0.05) is 24.5 Å². The summed E-state index contributed by atoms with van der Waals surface area (Å²) in [6.45, 7) is 3.72. The molecule has 0 radical (unpaired) electrons. The van der Waals surface area contributed by atoms with Crippen LogP contribution in [0.2, 0.25) is 0 Å². The number of nitrogens with one attached hydrogen (secondary N) is 1. The summed E-state index contributed by atoms with van der Waals surface area (Å²) in [5, 5.41) is 3.20. The maximum absolute atomic E-state index is 13.0. The Morgan fingerprint density at radius 1 is 0.868 bits per heavy atom. The Morgan fingerprint density at radius 3 is 2.08 bits per heavy atom. The summed E-state index contributed by atoms with van der Waals surface area (Å²) < 4.78 is 4.87. The standard InChI is InChI=1S/C30H29N3O4S/c1-19(2)26(30(36)37-4)33(3)29(35)28-31-18-25(38-28)22-14-16-24(17-15-22)32-27(34)23-12-10-21(11-13-23)20-8-6-5-7-9-20/h5-19,26H,1-4H3,(H,32,34). The fourth-order valence-corrected chi connectivity index (χ4v) is 5.05. The first-order valence-electron chi connectivity index (χ1n) is 12.2. The molecule has 1 heterocycles. The number of rotatable bonds is 8. The highest BCUT2D eigenvalue weighted by Gasteiger charge is 2.32. The van der Waals surface area contributed by atoms with E-state index in [9.17, 15) is 14.4 Å². The largest absolute Gasteiger partial charge is 0.467 e. The number of aromatic nitrogens is 1. The van der Waals surface area contributed by atoms with Crippen LogP contribution in [0.1, 0.15) is 34.0 Å². The van der Waals surface area contributed by atoms with E-state index >= 15 is 0 Å². The minimum Gasteiger partial charge on any atom is -0.467 e. The Bertz CT molecular complexity index is 1410. The molecule has 0 fully saturated rings. The highest BCUT2D eigenvalue weighted by molar-refractivity contribution is 7.16. The highest BCUT2D eigenvalue weighted by atomic mass is 32.1. The van der Waals surface area contributed by atoms with Crippen LogP contribution < -0.4 is 5.32 Å². The fraction of sp³-hybridized carbons (Fsp3) is 0.200. The molecule has 1 atom stereocenters. The molecule has 1 N–H and O–H groups in total. The van der Waals surface area contributed by atoms with E-state index in [4.69, 9.17) is 4.74 Å². The predicted octanol–water partition coefficient (Wildman–Crippen LogP) is 6.00. The summed E-state index contributed by atoms with van der Waals surface area (Å²) in [5.41, 5.74) is 4.23. The van der Waals surface area contributed by atoms with Crippen molar-refractivity contribution >= 4 is 34.8 Å². The van der Waals surface area contributed by atoms with E-state index in [1.54, 1.807) is 13.2 Å². The second-order valence-corrected chi connectivity index (χ2v) is 10.2. The third-order valence-electron chi connectivity index (χ3n) is 6.18. The van der Waals surface area contributed by atoms with Gasteiger partial charge in [0.2, 0.25) is 0 Å². The molecule has 4 aromatic rings. The number of carbonyl (C=O) groups excluding carboxylic acids is 3. The van der Waals surface area contributed by atoms with Gasteiger partial charge in [-0.25, -0.2) is 9.78 Å². The summed E-state index contributed by atoms with van der Waals surface area (Å²) >= 11 is 1.25. The Kier molecular flexibility index (Phi) is 8.33. The number of nitrogens with zero attached hydrogens (tertiary/aromatic N) is 2. The van der Waals surface area contributed by atoms with Crippen molar-refractivity contribution in [3.8, 4) is 21.6 Å². The van der Waals surface area contributed by atoms with Crippen molar-refractivity contribution in [1.29, 1.82) is 0 Å². The molecule has 0 aliphatic heterocycles. The number of carbonyl (C=O) groups is 3. The number of benzene rings is 3. The smallest absolute Gasteiger partial charge is 0.328 e. The number of methoxy groups -OCH3 is 1. The van der Waals surface area contributed by atoms with Gasteiger partial charge in [-0.15, -0.1) is 11.3 Å². The first-order chi connectivity index (χ1) is 18.3. The van der Waals surface area contributed by atoms with Gasteiger partial charge >= 0.3 is 5.97 Å². The molecule has 1 unspecified atom stereocenters. The van der Waals surface area contributed by atoms with Gasteiger partial charge in [-0.3, -0.25) is 9.59 Å². The van der Waals surface area contributed by atoms with E-state index in [-0.39, 0.29) is 22.7 Å². The number of hydrogen-bond acceptors (Lipinski definition) is 6. The molecular formula is C30H29N3O4S. The zero-order chi connectivity index (χ0) is 27.2. The molecule has 7 nitrogen and oxygen atoms in total. The quantitative estimate of drug-likeness (QED) is 0.284. The van der Waals surface area contributed by atoms with E-state index < -0.39 is 12.0 Å². The maximum atomic E-state index is 13.0. The molecule has 0 aliphatic carbocycles. The first-order valence-corrected chi connectivity index (χ1v) is 13.0. The average Bonchev–Trinajstić information content (AvgIpc) is 3.43. The summed E-state index contributed by atoms with van der Waals surface area (Å²) in [6, 6.07) is 24.1. The Balaban J connectivity index is 1.41. The SMILES string of the molecule is COC(=O)C(C(C)C)N(C)C(=O)c1ncc(-c2ccc(NC(=O)c3ccc(-c4ccccc4)cc3)cc2)s1. The van der Waals surface area contributed by atoms with Crippen molar-refractivity contribution in [2.24, 2.45) is 5.92 Å². The lowest BCUT2D eigenvalue weighted by Crippen LogP contribution is -2.46. The van der Waals surface area contributed by atoms with Crippen molar-refractivity contribution in [1.82, 2.24) is 9.88 Å². The predicted molar refractivity (Wildman–Crippen MR) is 150 cm³/mol. The minimum absolute atomic E-state index is 0.111. The lowest BCUT2D eigenvalue weighted by atomic mass is 10.0. The zero-order valence-electron chi connectivity index (χ0n) is 21.7. The van der Waals surface area contributed by atoms with Gasteiger partial charge in [0.15, 0.2) is 5.01 Å². The summed E-state index contributed by atoms with van der Waals surface area (Å²) in [4.78, 5) is 44.4. The van der Waals surface area contributed by atoms with Crippen LogP contribution in [0.4, 0.5) is 5.69 Å². The normalized spacial score (nSPS) is 11.6. The lowest BCUT2D eigenvalue weighted by Gasteiger charge is -2.28. The molecule has 4 rings (SSSR count). The van der Waals surface area contributed by atoms with Gasteiger partial charge in [0.1, 0.15) is 6.04 Å². The molecular weight excluding hydrogens is 498 g/mol. The van der Waals surface area contributed by atoms with E-state index in [0.29, 0.717) is 11.3 Å². The van der Waals surface area contributed by atoms with Crippen LogP contribution in [-0.4, -0.2) is 47.9 Å². The van der Waals surface area contributed by atoms with Crippen LogP contribution in [0.3, 0.4) is 0 Å². The summed E-state index contributed by atoms with van der Waals surface area (Å²) in [6.07, 6.45) is 1.64. The molecule has 0 saturated carbocycles. The summed E-state index contributed by atoms with van der Waals surface area (Å²) in [7, 11) is 2.89. The average molecular weight is 528 g/mol. The minimum atomic E-state index is -0.697. The third kappa shape index (κ3) is 5.98. The van der Waals surface area contributed by atoms with Crippen LogP contribution >= 0.6 is 11.3 Å². The van der Waals surface area contributed by atoms with Gasteiger partial charge in [0.25, 0.3) is 11.8 Å². The van der Waals surface area contributed by atoms with E-state index in [1.807, 2.05) is 92.7 Å². The number of thiazole rings is 1. The zero-order valence-corrected chi connectivity index (χ0v) is 22.5. The topological polar surface area (TPSA) is 88.6 Å². The number of likely N-dealkylation sites (N-methyl/N-ethyl adjacent to an activating group) is 1. The number of ether oxygens (including phenoxy) is 1. The molecule has 0 aliphatic rings.